The van der Waals surface area contributed by atoms with Crippen molar-refractivity contribution in [3.05, 3.63) is 18.0 Å². The molecule has 3 N–H and O–H groups in total. The van der Waals surface area contributed by atoms with Crippen molar-refractivity contribution in [1.82, 2.24) is 9.97 Å². The zero-order chi connectivity index (χ0) is 9.68. The summed E-state index contributed by atoms with van der Waals surface area (Å²) in [7, 11) is 1.47. The van der Waals surface area contributed by atoms with E-state index >= 15 is 0 Å². The molecule has 13 heavy (non-hydrogen) atoms. The fraction of sp³-hybridized carbons (Fsp3) is 0.286. The average molecular weight is 182 g/mol. The smallest absolute Gasteiger partial charge is 0.316 e. The van der Waals surface area contributed by atoms with Crippen LogP contribution in [0.25, 0.3) is 0 Å². The fourth-order valence-corrected chi connectivity index (χ4v) is 0.794. The van der Waals surface area contributed by atoms with Crippen molar-refractivity contribution in [2.75, 3.05) is 7.11 Å². The van der Waals surface area contributed by atoms with E-state index in [9.17, 15) is 0 Å². The van der Waals surface area contributed by atoms with Crippen molar-refractivity contribution in [1.29, 1.82) is 0 Å². The number of nitrogens with zero attached hydrogens (tertiary/aromatic N) is 3. The molecule has 0 amide bonds. The monoisotopic (exact) mass is 182 g/mol. The van der Waals surface area contributed by atoms with E-state index in [1.165, 1.54) is 7.11 Å². The van der Waals surface area contributed by atoms with Crippen LogP contribution >= 0.6 is 0 Å². The van der Waals surface area contributed by atoms with Gasteiger partial charge in [0.1, 0.15) is 5.84 Å². The number of aromatic nitrogens is 2. The van der Waals surface area contributed by atoms with Crippen molar-refractivity contribution in [2.45, 2.75) is 6.42 Å². The lowest BCUT2D eigenvalue weighted by Gasteiger charge is -2.00. The van der Waals surface area contributed by atoms with Crippen LogP contribution in [0.3, 0.4) is 0 Å². The summed E-state index contributed by atoms with van der Waals surface area (Å²) >= 11 is 0. The van der Waals surface area contributed by atoms with Crippen LogP contribution in [-0.4, -0.2) is 28.1 Å². The van der Waals surface area contributed by atoms with Crippen LogP contribution in [0.5, 0.6) is 6.01 Å². The molecule has 0 spiro atoms. The molecule has 0 unspecified atom stereocenters. The predicted octanol–water partition coefficient (Wildman–Crippen LogP) is -0.226. The number of amidine groups is 1. The number of hydrogen-bond donors (Lipinski definition) is 2. The minimum absolute atomic E-state index is 0.0979. The zero-order valence-corrected chi connectivity index (χ0v) is 7.14. The summed E-state index contributed by atoms with van der Waals surface area (Å²) in [4.78, 5) is 7.79. The molecule has 0 aliphatic rings. The lowest BCUT2D eigenvalue weighted by molar-refractivity contribution is 0.317. The van der Waals surface area contributed by atoms with Gasteiger partial charge in [-0.05, 0) is 6.07 Å². The Morgan fingerprint density at radius 2 is 2.54 bits per heavy atom. The van der Waals surface area contributed by atoms with Crippen LogP contribution in [0.4, 0.5) is 0 Å². The molecule has 70 valence electrons. The van der Waals surface area contributed by atoms with E-state index in [-0.39, 0.29) is 18.3 Å². The van der Waals surface area contributed by atoms with Crippen LogP contribution in [0.15, 0.2) is 17.4 Å². The highest BCUT2D eigenvalue weighted by molar-refractivity contribution is 5.81. The Labute approximate surface area is 75.1 Å². The summed E-state index contributed by atoms with van der Waals surface area (Å²) in [5.74, 6) is 0.0979. The maximum atomic E-state index is 8.31. The van der Waals surface area contributed by atoms with E-state index in [1.807, 2.05) is 0 Å². The Kier molecular flexibility index (Phi) is 3.02. The minimum atomic E-state index is 0.0979. The van der Waals surface area contributed by atoms with Gasteiger partial charge in [-0.25, -0.2) is 4.98 Å². The van der Waals surface area contributed by atoms with Gasteiger partial charge in [0, 0.05) is 6.20 Å². The highest BCUT2D eigenvalue weighted by atomic mass is 16.5. The van der Waals surface area contributed by atoms with E-state index in [0.717, 1.165) is 0 Å². The second kappa shape index (κ2) is 4.24. The first-order valence-electron chi connectivity index (χ1n) is 3.58. The Bertz CT molecular complexity index is 313. The highest BCUT2D eigenvalue weighted by Gasteiger charge is 2.01. The summed E-state index contributed by atoms with van der Waals surface area (Å²) in [5, 5.41) is 11.1. The molecule has 6 heteroatoms. The Morgan fingerprint density at radius 1 is 1.77 bits per heavy atom. The lowest BCUT2D eigenvalue weighted by atomic mass is 10.3. The normalized spacial score (nSPS) is 11.3. The first-order chi connectivity index (χ1) is 6.26. The molecule has 6 nitrogen and oxygen atoms in total. The van der Waals surface area contributed by atoms with Gasteiger partial charge < -0.3 is 15.7 Å². The summed E-state index contributed by atoms with van der Waals surface area (Å²) in [6.45, 7) is 0. The maximum Gasteiger partial charge on any atom is 0.316 e. The summed E-state index contributed by atoms with van der Waals surface area (Å²) in [6.07, 6.45) is 1.82. The van der Waals surface area contributed by atoms with E-state index in [0.29, 0.717) is 5.69 Å². The molecule has 1 rings (SSSR count). The quantitative estimate of drug-likeness (QED) is 0.291. The van der Waals surface area contributed by atoms with Gasteiger partial charge in [-0.2, -0.15) is 4.98 Å². The van der Waals surface area contributed by atoms with Crippen LogP contribution in [0.1, 0.15) is 5.69 Å². The lowest BCUT2D eigenvalue weighted by Crippen LogP contribution is -2.15. The molecule has 0 aliphatic heterocycles. The molecule has 0 aliphatic carbocycles. The summed E-state index contributed by atoms with van der Waals surface area (Å²) in [5.41, 5.74) is 5.94. The molecule has 1 aromatic heterocycles. The van der Waals surface area contributed by atoms with Gasteiger partial charge in [0.05, 0.1) is 19.2 Å². The van der Waals surface area contributed by atoms with Gasteiger partial charge in [-0.1, -0.05) is 5.16 Å². The molecule has 0 bridgehead atoms. The largest absolute Gasteiger partial charge is 0.467 e. The van der Waals surface area contributed by atoms with Crippen LogP contribution < -0.4 is 10.5 Å². The van der Waals surface area contributed by atoms with Crippen molar-refractivity contribution < 1.29 is 9.94 Å². The molecule has 0 saturated heterocycles. The first kappa shape index (κ1) is 9.24. The molecular weight excluding hydrogens is 172 g/mol. The van der Waals surface area contributed by atoms with Crippen molar-refractivity contribution in [3.8, 4) is 6.01 Å². The van der Waals surface area contributed by atoms with Crippen molar-refractivity contribution in [3.63, 3.8) is 0 Å². The molecule has 0 saturated carbocycles. The van der Waals surface area contributed by atoms with Gasteiger partial charge in [-0.15, -0.1) is 0 Å². The van der Waals surface area contributed by atoms with E-state index in [4.69, 9.17) is 15.7 Å². The third kappa shape index (κ3) is 2.58. The molecular formula is C7H10N4O2. The summed E-state index contributed by atoms with van der Waals surface area (Å²) < 4.78 is 4.80. The third-order valence-electron chi connectivity index (χ3n) is 1.36. The molecule has 0 aromatic carbocycles. The number of oxime groups is 1. The van der Waals surface area contributed by atoms with Crippen LogP contribution in [0.2, 0.25) is 0 Å². The molecule has 0 radical (unpaired) electrons. The number of nitrogens with two attached hydrogens (primary N) is 1. The van der Waals surface area contributed by atoms with Gasteiger partial charge in [0.15, 0.2) is 0 Å². The first-order valence-corrected chi connectivity index (χ1v) is 3.58. The molecule has 1 aromatic rings. The van der Waals surface area contributed by atoms with Gasteiger partial charge in [-0.3, -0.25) is 0 Å². The van der Waals surface area contributed by atoms with Gasteiger partial charge >= 0.3 is 6.01 Å². The van der Waals surface area contributed by atoms with Crippen LogP contribution in [-0.2, 0) is 6.42 Å². The third-order valence-corrected chi connectivity index (χ3v) is 1.36. The van der Waals surface area contributed by atoms with Crippen LogP contribution in [0, 0.1) is 0 Å². The maximum absolute atomic E-state index is 8.31. The Hall–Kier alpha value is -1.85. The van der Waals surface area contributed by atoms with E-state index in [1.54, 1.807) is 12.3 Å². The topological polar surface area (TPSA) is 93.6 Å². The Balaban J connectivity index is 2.77. The molecule has 1 heterocycles. The number of ether oxygens (including phenoxy) is 1. The van der Waals surface area contributed by atoms with Gasteiger partial charge in [0.25, 0.3) is 0 Å². The fourth-order valence-electron chi connectivity index (χ4n) is 0.794. The van der Waals surface area contributed by atoms with Crippen molar-refractivity contribution >= 4 is 5.84 Å². The predicted molar refractivity (Wildman–Crippen MR) is 45.7 cm³/mol. The second-order valence-corrected chi connectivity index (χ2v) is 2.30. The number of hydrogen-bond acceptors (Lipinski definition) is 5. The number of rotatable bonds is 3. The van der Waals surface area contributed by atoms with E-state index in [2.05, 4.69) is 15.1 Å². The average Bonchev–Trinajstić information content (AvgIpc) is 2.18. The number of methoxy groups -OCH3 is 1. The summed E-state index contributed by atoms with van der Waals surface area (Å²) in [6, 6.07) is 1.93. The Morgan fingerprint density at radius 3 is 3.15 bits per heavy atom. The standard InChI is InChI=1S/C7H10N4O2/c1-13-7-9-3-2-5(10-7)4-6(8)11-12/h2-3,12H,4H2,1H3,(H2,8,11). The van der Waals surface area contributed by atoms with E-state index < -0.39 is 0 Å². The molecule has 0 fully saturated rings. The SMILES string of the molecule is COc1nccc(C/C(N)=N/O)n1. The minimum Gasteiger partial charge on any atom is -0.467 e. The second-order valence-electron chi connectivity index (χ2n) is 2.30. The molecule has 0 atom stereocenters. The highest BCUT2D eigenvalue weighted by Crippen LogP contribution is 2.02. The zero-order valence-electron chi connectivity index (χ0n) is 7.14. The van der Waals surface area contributed by atoms with Crippen molar-refractivity contribution in [2.24, 2.45) is 10.9 Å². The van der Waals surface area contributed by atoms with Gasteiger partial charge in [0.2, 0.25) is 0 Å².